The van der Waals surface area contributed by atoms with Gasteiger partial charge in [0.1, 0.15) is 5.75 Å². The van der Waals surface area contributed by atoms with Crippen molar-refractivity contribution in [2.24, 2.45) is 5.92 Å². The van der Waals surface area contributed by atoms with Crippen LogP contribution >= 0.6 is 0 Å². The number of nitrogen functional groups attached to an aromatic ring is 1. The zero-order valence-electron chi connectivity index (χ0n) is 11.5. The van der Waals surface area contributed by atoms with Crippen molar-refractivity contribution < 1.29 is 4.74 Å². The number of nitrogens with two attached hydrogens (primary N) is 1. The standard InChI is InChI=1S/C13H19N5O/c1-4-19-12-6-5-10(7-11(12)14)13-15-16-17-18(13)8-9(2)3/h5-7,9H,4,8,14H2,1-3H3. The smallest absolute Gasteiger partial charge is 0.182 e. The molecule has 2 N–H and O–H groups in total. The molecule has 0 atom stereocenters. The molecule has 0 aliphatic carbocycles. The van der Waals surface area contributed by atoms with E-state index in [0.29, 0.717) is 24.0 Å². The maximum Gasteiger partial charge on any atom is 0.182 e. The summed E-state index contributed by atoms with van der Waals surface area (Å²) in [5.74, 6) is 1.89. The van der Waals surface area contributed by atoms with Crippen LogP contribution in [0.2, 0.25) is 0 Å². The van der Waals surface area contributed by atoms with Gasteiger partial charge in [-0.1, -0.05) is 13.8 Å². The molecule has 6 heteroatoms. The number of anilines is 1. The van der Waals surface area contributed by atoms with Gasteiger partial charge in [0.05, 0.1) is 12.3 Å². The quantitative estimate of drug-likeness (QED) is 0.832. The van der Waals surface area contributed by atoms with Gasteiger partial charge in [-0.05, 0) is 41.5 Å². The Balaban J connectivity index is 2.32. The minimum absolute atomic E-state index is 0.474. The molecule has 0 aliphatic heterocycles. The first-order valence-electron chi connectivity index (χ1n) is 6.40. The van der Waals surface area contributed by atoms with Gasteiger partial charge in [0, 0.05) is 12.1 Å². The van der Waals surface area contributed by atoms with Crippen LogP contribution in [-0.2, 0) is 6.54 Å². The van der Waals surface area contributed by atoms with Crippen LogP contribution in [0.5, 0.6) is 5.75 Å². The summed E-state index contributed by atoms with van der Waals surface area (Å²) in [6, 6.07) is 5.61. The van der Waals surface area contributed by atoms with Gasteiger partial charge < -0.3 is 10.5 Å². The molecule has 2 aromatic rings. The number of aromatic nitrogens is 4. The van der Waals surface area contributed by atoms with Crippen LogP contribution in [-0.4, -0.2) is 26.8 Å². The van der Waals surface area contributed by atoms with E-state index >= 15 is 0 Å². The van der Waals surface area contributed by atoms with Gasteiger partial charge in [0.25, 0.3) is 0 Å². The molecule has 0 aliphatic rings. The Morgan fingerprint density at radius 1 is 1.37 bits per heavy atom. The Bertz CT molecular complexity index is 550. The van der Waals surface area contributed by atoms with E-state index in [4.69, 9.17) is 10.5 Å². The third-order valence-electron chi connectivity index (χ3n) is 2.64. The highest BCUT2D eigenvalue weighted by Crippen LogP contribution is 2.27. The number of benzene rings is 1. The molecular weight excluding hydrogens is 242 g/mol. The van der Waals surface area contributed by atoms with Crippen molar-refractivity contribution in [1.82, 2.24) is 20.2 Å². The summed E-state index contributed by atoms with van der Waals surface area (Å²) in [4.78, 5) is 0. The van der Waals surface area contributed by atoms with Crippen LogP contribution in [0.1, 0.15) is 20.8 Å². The zero-order chi connectivity index (χ0) is 13.8. The van der Waals surface area contributed by atoms with Crippen molar-refractivity contribution in [2.45, 2.75) is 27.3 Å². The number of tetrazole rings is 1. The number of hydrogen-bond donors (Lipinski definition) is 1. The van der Waals surface area contributed by atoms with Crippen molar-refractivity contribution in [3.63, 3.8) is 0 Å². The lowest BCUT2D eigenvalue weighted by molar-refractivity contribution is 0.342. The Labute approximate surface area is 112 Å². The van der Waals surface area contributed by atoms with E-state index < -0.39 is 0 Å². The van der Waals surface area contributed by atoms with E-state index in [2.05, 4.69) is 29.4 Å². The summed E-state index contributed by atoms with van der Waals surface area (Å²) < 4.78 is 7.21. The molecule has 0 saturated carbocycles. The minimum Gasteiger partial charge on any atom is -0.492 e. The Morgan fingerprint density at radius 3 is 2.79 bits per heavy atom. The molecule has 6 nitrogen and oxygen atoms in total. The second-order valence-corrected chi connectivity index (χ2v) is 4.76. The highest BCUT2D eigenvalue weighted by Gasteiger charge is 2.11. The van der Waals surface area contributed by atoms with Crippen molar-refractivity contribution in [2.75, 3.05) is 12.3 Å². The van der Waals surface area contributed by atoms with Gasteiger partial charge in [0.15, 0.2) is 5.82 Å². The number of rotatable bonds is 5. The lowest BCUT2D eigenvalue weighted by Gasteiger charge is -2.10. The van der Waals surface area contributed by atoms with Crippen LogP contribution in [0, 0.1) is 5.92 Å². The summed E-state index contributed by atoms with van der Waals surface area (Å²) in [7, 11) is 0. The Kier molecular flexibility index (Phi) is 3.99. The van der Waals surface area contributed by atoms with Crippen molar-refractivity contribution in [1.29, 1.82) is 0 Å². The highest BCUT2D eigenvalue weighted by molar-refractivity contribution is 5.66. The molecule has 102 valence electrons. The van der Waals surface area contributed by atoms with Crippen LogP contribution < -0.4 is 10.5 Å². The Morgan fingerprint density at radius 2 is 2.16 bits per heavy atom. The van der Waals surface area contributed by atoms with E-state index in [1.807, 2.05) is 25.1 Å². The van der Waals surface area contributed by atoms with Crippen molar-refractivity contribution in [3.8, 4) is 17.1 Å². The van der Waals surface area contributed by atoms with E-state index in [0.717, 1.165) is 17.9 Å². The first-order chi connectivity index (χ1) is 9.11. The van der Waals surface area contributed by atoms with Crippen LogP contribution in [0.3, 0.4) is 0 Å². The maximum atomic E-state index is 5.96. The molecule has 0 spiro atoms. The predicted octanol–water partition coefficient (Wildman–Crippen LogP) is 1.98. The van der Waals surface area contributed by atoms with Crippen molar-refractivity contribution >= 4 is 5.69 Å². The van der Waals surface area contributed by atoms with E-state index in [9.17, 15) is 0 Å². The van der Waals surface area contributed by atoms with Gasteiger partial charge in [-0.2, -0.15) is 0 Å². The monoisotopic (exact) mass is 261 g/mol. The molecule has 0 bridgehead atoms. The van der Waals surface area contributed by atoms with Crippen LogP contribution in [0.4, 0.5) is 5.69 Å². The summed E-state index contributed by atoms with van der Waals surface area (Å²) in [5.41, 5.74) is 7.45. The molecule has 1 aromatic heterocycles. The lowest BCUT2D eigenvalue weighted by Crippen LogP contribution is -2.08. The van der Waals surface area contributed by atoms with Gasteiger partial charge in [-0.25, -0.2) is 4.68 Å². The minimum atomic E-state index is 0.474. The molecule has 0 radical (unpaired) electrons. The molecule has 0 saturated heterocycles. The molecular formula is C13H19N5O. The summed E-state index contributed by atoms with van der Waals surface area (Å²) in [6.07, 6.45) is 0. The topological polar surface area (TPSA) is 78.9 Å². The van der Waals surface area contributed by atoms with E-state index in [1.165, 1.54) is 0 Å². The van der Waals surface area contributed by atoms with Gasteiger partial charge >= 0.3 is 0 Å². The normalized spacial score (nSPS) is 10.9. The SMILES string of the molecule is CCOc1ccc(-c2nnnn2CC(C)C)cc1N. The van der Waals surface area contributed by atoms with Gasteiger partial charge in [0.2, 0.25) is 0 Å². The fourth-order valence-corrected chi connectivity index (χ4v) is 1.85. The number of nitrogens with zero attached hydrogens (tertiary/aromatic N) is 4. The van der Waals surface area contributed by atoms with Crippen LogP contribution in [0.15, 0.2) is 18.2 Å². The zero-order valence-corrected chi connectivity index (χ0v) is 11.5. The first-order valence-corrected chi connectivity index (χ1v) is 6.40. The second-order valence-electron chi connectivity index (χ2n) is 4.76. The number of hydrogen-bond acceptors (Lipinski definition) is 5. The van der Waals surface area contributed by atoms with Crippen molar-refractivity contribution in [3.05, 3.63) is 18.2 Å². The third kappa shape index (κ3) is 3.01. The fraction of sp³-hybridized carbons (Fsp3) is 0.462. The average molecular weight is 261 g/mol. The van der Waals surface area contributed by atoms with Gasteiger partial charge in [-0.15, -0.1) is 5.10 Å². The molecule has 1 heterocycles. The fourth-order valence-electron chi connectivity index (χ4n) is 1.85. The summed E-state index contributed by atoms with van der Waals surface area (Å²) >= 11 is 0. The molecule has 0 fully saturated rings. The average Bonchev–Trinajstić information content (AvgIpc) is 2.79. The van der Waals surface area contributed by atoms with E-state index in [-0.39, 0.29) is 0 Å². The van der Waals surface area contributed by atoms with Crippen LogP contribution in [0.25, 0.3) is 11.4 Å². The lowest BCUT2D eigenvalue weighted by atomic mass is 10.1. The molecule has 19 heavy (non-hydrogen) atoms. The molecule has 0 unspecified atom stereocenters. The molecule has 2 rings (SSSR count). The maximum absolute atomic E-state index is 5.96. The molecule has 0 amide bonds. The molecule has 1 aromatic carbocycles. The third-order valence-corrected chi connectivity index (χ3v) is 2.64. The Hall–Kier alpha value is -2.11. The second kappa shape index (κ2) is 5.69. The van der Waals surface area contributed by atoms with E-state index in [1.54, 1.807) is 4.68 Å². The predicted molar refractivity (Wildman–Crippen MR) is 73.7 cm³/mol. The summed E-state index contributed by atoms with van der Waals surface area (Å²) in [6.45, 7) is 7.54. The summed E-state index contributed by atoms with van der Waals surface area (Å²) in [5, 5.41) is 11.8. The first kappa shape index (κ1) is 13.3. The van der Waals surface area contributed by atoms with Gasteiger partial charge in [-0.3, -0.25) is 0 Å². The highest BCUT2D eigenvalue weighted by atomic mass is 16.5. The number of ether oxygens (including phenoxy) is 1. The largest absolute Gasteiger partial charge is 0.492 e.